The van der Waals surface area contributed by atoms with E-state index in [0.29, 0.717) is 13.2 Å². The number of H-pyrrole nitrogens is 1. The molecule has 0 bridgehead atoms. The van der Waals surface area contributed by atoms with Gasteiger partial charge in [-0.25, -0.2) is 4.98 Å². The van der Waals surface area contributed by atoms with Crippen molar-refractivity contribution in [2.45, 2.75) is 25.0 Å². The number of pyridine rings is 1. The number of nitrogens with zero attached hydrogens (tertiary/aromatic N) is 1. The van der Waals surface area contributed by atoms with Crippen molar-refractivity contribution in [3.05, 3.63) is 35.7 Å². The number of ether oxygens (including phenoxy) is 2. The van der Waals surface area contributed by atoms with Crippen LogP contribution < -0.4 is 10.6 Å². The Balaban J connectivity index is 1.56. The van der Waals surface area contributed by atoms with Gasteiger partial charge in [0.15, 0.2) is 0 Å². The van der Waals surface area contributed by atoms with Crippen molar-refractivity contribution >= 4 is 11.7 Å². The van der Waals surface area contributed by atoms with Gasteiger partial charge in [0.2, 0.25) is 0 Å². The predicted octanol–water partition coefficient (Wildman–Crippen LogP) is 1.58. The van der Waals surface area contributed by atoms with E-state index in [0.717, 1.165) is 47.8 Å². The van der Waals surface area contributed by atoms with Crippen LogP contribution in [0.4, 0.5) is 5.82 Å². The third-order valence-corrected chi connectivity index (χ3v) is 4.82. The Morgan fingerprint density at radius 3 is 3.16 bits per heavy atom. The number of aromatic nitrogens is 2. The summed E-state index contributed by atoms with van der Waals surface area (Å²) < 4.78 is 11.0. The number of carbonyl (C=O) groups is 1. The van der Waals surface area contributed by atoms with Gasteiger partial charge in [0.05, 0.1) is 18.2 Å². The molecule has 2 aliphatic rings. The maximum Gasteiger partial charge on any atom is 0.253 e. The Hall–Kier alpha value is -2.38. The molecular weight excluding hydrogens is 320 g/mol. The zero-order chi connectivity index (χ0) is 17.2. The SMILES string of the molecule is CO[C@H]1COCC[C@@H]1Nc1cc(-c2cc3c([nH]2)CCNC3=O)ccn1. The third-order valence-electron chi connectivity index (χ3n) is 4.82. The van der Waals surface area contributed by atoms with Crippen molar-refractivity contribution in [2.24, 2.45) is 0 Å². The number of methoxy groups -OCH3 is 1. The van der Waals surface area contributed by atoms with Gasteiger partial charge in [0, 0.05) is 49.8 Å². The van der Waals surface area contributed by atoms with E-state index in [9.17, 15) is 4.79 Å². The molecule has 7 nitrogen and oxygen atoms in total. The summed E-state index contributed by atoms with van der Waals surface area (Å²) in [7, 11) is 1.70. The Morgan fingerprint density at radius 1 is 1.40 bits per heavy atom. The van der Waals surface area contributed by atoms with Crippen LogP contribution in [0, 0.1) is 0 Å². The topological polar surface area (TPSA) is 88.3 Å². The minimum absolute atomic E-state index is 0.0127. The van der Waals surface area contributed by atoms with Gasteiger partial charge >= 0.3 is 0 Å². The van der Waals surface area contributed by atoms with E-state index >= 15 is 0 Å². The molecule has 0 unspecified atom stereocenters. The molecule has 2 atom stereocenters. The number of rotatable bonds is 4. The highest BCUT2D eigenvalue weighted by molar-refractivity contribution is 5.97. The zero-order valence-electron chi connectivity index (χ0n) is 14.2. The summed E-state index contributed by atoms with van der Waals surface area (Å²) in [6.45, 7) is 1.99. The number of anilines is 1. The van der Waals surface area contributed by atoms with Gasteiger partial charge < -0.3 is 25.1 Å². The van der Waals surface area contributed by atoms with Gasteiger partial charge in [0.1, 0.15) is 11.9 Å². The maximum atomic E-state index is 11.9. The Kier molecular flexibility index (Phi) is 4.42. The van der Waals surface area contributed by atoms with Crippen LogP contribution in [0.2, 0.25) is 0 Å². The number of nitrogens with one attached hydrogen (secondary N) is 3. The summed E-state index contributed by atoms with van der Waals surface area (Å²) in [5, 5.41) is 6.32. The normalized spacial score (nSPS) is 23.0. The fraction of sp³-hybridized carbons (Fsp3) is 0.444. The van der Waals surface area contributed by atoms with E-state index in [1.165, 1.54) is 0 Å². The molecule has 0 radical (unpaired) electrons. The fourth-order valence-electron chi connectivity index (χ4n) is 3.43. The van der Waals surface area contributed by atoms with Crippen LogP contribution in [-0.4, -0.2) is 54.9 Å². The molecule has 1 fully saturated rings. The summed E-state index contributed by atoms with van der Waals surface area (Å²) in [5.41, 5.74) is 3.66. The summed E-state index contributed by atoms with van der Waals surface area (Å²) in [4.78, 5) is 19.7. The average Bonchev–Trinajstić information content (AvgIpc) is 3.08. The molecule has 7 heteroatoms. The minimum Gasteiger partial charge on any atom is -0.379 e. The first-order chi connectivity index (χ1) is 12.2. The van der Waals surface area contributed by atoms with Crippen LogP contribution in [0.3, 0.4) is 0 Å². The maximum absolute atomic E-state index is 11.9. The number of fused-ring (bicyclic) bond motifs is 1. The monoisotopic (exact) mass is 342 g/mol. The van der Waals surface area contributed by atoms with Crippen molar-refractivity contribution in [1.82, 2.24) is 15.3 Å². The van der Waals surface area contributed by atoms with Gasteiger partial charge in [-0.15, -0.1) is 0 Å². The van der Waals surface area contributed by atoms with Crippen molar-refractivity contribution in [2.75, 3.05) is 32.2 Å². The number of aromatic amines is 1. The molecule has 25 heavy (non-hydrogen) atoms. The summed E-state index contributed by atoms with van der Waals surface area (Å²) in [6, 6.07) is 6.02. The summed E-state index contributed by atoms with van der Waals surface area (Å²) in [6.07, 6.45) is 3.50. The van der Waals surface area contributed by atoms with Gasteiger partial charge in [-0.05, 0) is 24.6 Å². The Labute approximate surface area is 146 Å². The van der Waals surface area contributed by atoms with E-state index in [4.69, 9.17) is 9.47 Å². The second kappa shape index (κ2) is 6.85. The molecular formula is C18H22N4O3. The first-order valence-corrected chi connectivity index (χ1v) is 8.58. The minimum atomic E-state index is -0.0127. The van der Waals surface area contributed by atoms with Gasteiger partial charge in [-0.1, -0.05) is 0 Å². The first kappa shape index (κ1) is 16.1. The third kappa shape index (κ3) is 3.25. The van der Waals surface area contributed by atoms with Crippen LogP contribution in [-0.2, 0) is 15.9 Å². The standard InChI is InChI=1S/C18H22N4O3/c1-24-16-10-25-7-4-14(16)22-17-8-11(2-5-19-17)15-9-12-13(21-15)3-6-20-18(12)23/h2,5,8-9,14,16,21H,3-4,6-7,10H2,1H3,(H,19,22)(H,20,23)/t14-,16-/m0/s1. The number of hydrogen-bond donors (Lipinski definition) is 3. The Bertz CT molecular complexity index is 773. The molecule has 1 saturated heterocycles. The van der Waals surface area contributed by atoms with Crippen LogP contribution in [0.25, 0.3) is 11.3 Å². The lowest BCUT2D eigenvalue weighted by Gasteiger charge is -2.31. The highest BCUT2D eigenvalue weighted by Gasteiger charge is 2.26. The van der Waals surface area contributed by atoms with Crippen LogP contribution in [0.1, 0.15) is 22.5 Å². The summed E-state index contributed by atoms with van der Waals surface area (Å²) >= 11 is 0. The molecule has 4 rings (SSSR count). The van der Waals surface area contributed by atoms with Crippen molar-refractivity contribution < 1.29 is 14.3 Å². The van der Waals surface area contributed by atoms with Crippen LogP contribution >= 0.6 is 0 Å². The molecule has 1 amide bonds. The molecule has 0 aromatic carbocycles. The second-order valence-corrected chi connectivity index (χ2v) is 6.40. The highest BCUT2D eigenvalue weighted by atomic mass is 16.5. The second-order valence-electron chi connectivity index (χ2n) is 6.40. The van der Waals surface area contributed by atoms with E-state index < -0.39 is 0 Å². The molecule has 0 saturated carbocycles. The zero-order valence-corrected chi connectivity index (χ0v) is 14.2. The molecule has 132 valence electrons. The lowest BCUT2D eigenvalue weighted by atomic mass is 10.1. The van der Waals surface area contributed by atoms with Crippen LogP contribution in [0.15, 0.2) is 24.4 Å². The van der Waals surface area contributed by atoms with E-state index in [-0.39, 0.29) is 18.1 Å². The lowest BCUT2D eigenvalue weighted by Crippen LogP contribution is -2.43. The van der Waals surface area contributed by atoms with E-state index in [1.807, 2.05) is 18.2 Å². The molecule has 2 aromatic heterocycles. The fourth-order valence-corrected chi connectivity index (χ4v) is 3.43. The highest BCUT2D eigenvalue weighted by Crippen LogP contribution is 2.26. The number of amides is 1. The Morgan fingerprint density at radius 2 is 2.32 bits per heavy atom. The van der Waals surface area contributed by atoms with Crippen LogP contribution in [0.5, 0.6) is 0 Å². The molecule has 3 N–H and O–H groups in total. The van der Waals surface area contributed by atoms with Gasteiger partial charge in [-0.3, -0.25) is 4.79 Å². The van der Waals surface area contributed by atoms with Gasteiger partial charge in [-0.2, -0.15) is 0 Å². The van der Waals surface area contributed by atoms with Crippen molar-refractivity contribution in [1.29, 1.82) is 0 Å². The molecule has 0 spiro atoms. The largest absolute Gasteiger partial charge is 0.379 e. The van der Waals surface area contributed by atoms with E-state index in [2.05, 4.69) is 20.6 Å². The van der Waals surface area contributed by atoms with Crippen molar-refractivity contribution in [3.63, 3.8) is 0 Å². The quantitative estimate of drug-likeness (QED) is 0.785. The number of carbonyl (C=O) groups excluding carboxylic acids is 1. The van der Waals surface area contributed by atoms with Gasteiger partial charge in [0.25, 0.3) is 5.91 Å². The smallest absolute Gasteiger partial charge is 0.253 e. The molecule has 4 heterocycles. The molecule has 2 aromatic rings. The number of hydrogen-bond acceptors (Lipinski definition) is 5. The molecule has 2 aliphatic heterocycles. The predicted molar refractivity (Wildman–Crippen MR) is 93.7 cm³/mol. The summed E-state index contributed by atoms with van der Waals surface area (Å²) in [5.74, 6) is 0.782. The van der Waals surface area contributed by atoms with Crippen molar-refractivity contribution in [3.8, 4) is 11.3 Å². The average molecular weight is 342 g/mol. The van der Waals surface area contributed by atoms with E-state index in [1.54, 1.807) is 13.3 Å². The molecule has 0 aliphatic carbocycles. The first-order valence-electron chi connectivity index (χ1n) is 8.58. The lowest BCUT2D eigenvalue weighted by molar-refractivity contribution is -0.0367.